The Morgan fingerprint density at radius 1 is 1.08 bits per heavy atom. The number of likely N-dealkylation sites (N-methyl/N-ethyl adjacent to an activating group) is 1. The summed E-state index contributed by atoms with van der Waals surface area (Å²) in [6.07, 6.45) is 4.19. The summed E-state index contributed by atoms with van der Waals surface area (Å²) in [4.78, 5) is 43.5. The molecule has 0 aromatic heterocycles. The molecule has 204 valence electrons. The van der Waals surface area contributed by atoms with E-state index in [0.29, 0.717) is 25.9 Å². The molecule has 2 N–H and O–H groups in total. The summed E-state index contributed by atoms with van der Waals surface area (Å²) >= 11 is 0. The minimum absolute atomic E-state index is 0. The highest BCUT2D eigenvalue weighted by atomic mass is 35.5. The molecule has 2 aromatic rings. The number of nitrogens with zero attached hydrogens (tertiary/aromatic N) is 2. The highest BCUT2D eigenvalue weighted by molar-refractivity contribution is 5.93. The maximum Gasteiger partial charge on any atom is 0.245 e. The lowest BCUT2D eigenvalue weighted by atomic mass is 9.99. The predicted octanol–water partition coefficient (Wildman–Crippen LogP) is 3.78. The Labute approximate surface area is 227 Å². The Balaban J connectivity index is 0.00000481. The number of halogens is 1. The fourth-order valence-electron chi connectivity index (χ4n) is 5.11. The third-order valence-electron chi connectivity index (χ3n) is 7.34. The summed E-state index contributed by atoms with van der Waals surface area (Å²) in [5, 5.41) is 8.40. The quantitative estimate of drug-likeness (QED) is 0.409. The molecule has 0 spiro atoms. The maximum atomic E-state index is 13.5. The van der Waals surface area contributed by atoms with Gasteiger partial charge < -0.3 is 20.4 Å². The van der Waals surface area contributed by atoms with Crippen molar-refractivity contribution >= 4 is 40.9 Å². The molecule has 1 aliphatic heterocycles. The fraction of sp³-hybridized carbons (Fsp3) is 0.552. The molecular formula is C29H43ClN4O3. The molecule has 7 nitrogen and oxygen atoms in total. The first-order chi connectivity index (χ1) is 17.4. The van der Waals surface area contributed by atoms with Crippen molar-refractivity contribution in [3.05, 3.63) is 48.0 Å². The molecule has 0 saturated carbocycles. The first-order valence-corrected chi connectivity index (χ1v) is 13.4. The highest BCUT2D eigenvalue weighted by Crippen LogP contribution is 2.23. The van der Waals surface area contributed by atoms with Crippen LogP contribution in [-0.4, -0.2) is 73.3 Å². The largest absolute Gasteiger partial charge is 0.344 e. The van der Waals surface area contributed by atoms with Crippen LogP contribution in [0.1, 0.15) is 51.5 Å². The normalized spacial score (nSPS) is 15.9. The Hall–Kier alpha value is -2.64. The van der Waals surface area contributed by atoms with Crippen LogP contribution in [0.4, 0.5) is 0 Å². The van der Waals surface area contributed by atoms with E-state index in [2.05, 4.69) is 34.9 Å². The summed E-state index contributed by atoms with van der Waals surface area (Å²) < 4.78 is 0. The molecule has 0 aliphatic carbocycles. The number of hydrogen-bond donors (Lipinski definition) is 2. The standard InChI is InChI=1S/C29H42N4O3.ClH/c1-5-22(6-2)28(35)33-18-9-13-26(33)27(34)31-25(29(36)32(4)17-10-16-30-3)20-21-14-15-23-11-7-8-12-24(23)19-21;/h7-8,11-12,14-15,19,22,25-26,30H,5-6,9-10,13,16-18,20H2,1-4H3,(H,31,34);1H/t25-,26?;/m1./s1. The van der Waals surface area contributed by atoms with Crippen LogP contribution in [0.2, 0.25) is 0 Å². The monoisotopic (exact) mass is 530 g/mol. The summed E-state index contributed by atoms with van der Waals surface area (Å²) in [5.74, 6) is -0.343. The van der Waals surface area contributed by atoms with Gasteiger partial charge in [-0.25, -0.2) is 0 Å². The Bertz CT molecular complexity index is 1040. The molecule has 8 heteroatoms. The van der Waals surface area contributed by atoms with Crippen molar-refractivity contribution in [2.45, 2.75) is 64.5 Å². The van der Waals surface area contributed by atoms with Crippen molar-refractivity contribution < 1.29 is 14.4 Å². The third kappa shape index (κ3) is 7.92. The second kappa shape index (κ2) is 14.9. The summed E-state index contributed by atoms with van der Waals surface area (Å²) in [6.45, 7) is 6.04. The molecule has 1 unspecified atom stereocenters. The Kier molecular flexibility index (Phi) is 12.3. The van der Waals surface area contributed by atoms with Gasteiger partial charge in [0.15, 0.2) is 0 Å². The Morgan fingerprint density at radius 3 is 2.46 bits per heavy atom. The number of fused-ring (bicyclic) bond motifs is 1. The molecular weight excluding hydrogens is 488 g/mol. The van der Waals surface area contributed by atoms with Crippen molar-refractivity contribution in [1.82, 2.24) is 20.4 Å². The number of benzene rings is 2. The van der Waals surface area contributed by atoms with Crippen LogP contribution in [-0.2, 0) is 20.8 Å². The number of carbonyl (C=O) groups is 3. The van der Waals surface area contributed by atoms with Gasteiger partial charge in [0.1, 0.15) is 12.1 Å². The smallest absolute Gasteiger partial charge is 0.245 e. The number of rotatable bonds is 12. The third-order valence-corrected chi connectivity index (χ3v) is 7.34. The van der Waals surface area contributed by atoms with Crippen LogP contribution < -0.4 is 10.6 Å². The van der Waals surface area contributed by atoms with Crippen LogP contribution in [0.25, 0.3) is 10.8 Å². The topological polar surface area (TPSA) is 81.8 Å². The van der Waals surface area contributed by atoms with Gasteiger partial charge in [-0.05, 0) is 62.0 Å². The van der Waals surface area contributed by atoms with Gasteiger partial charge in [0.25, 0.3) is 0 Å². The van der Waals surface area contributed by atoms with E-state index >= 15 is 0 Å². The number of carbonyl (C=O) groups excluding carboxylic acids is 3. The van der Waals surface area contributed by atoms with Gasteiger partial charge in [0.2, 0.25) is 17.7 Å². The fourth-order valence-corrected chi connectivity index (χ4v) is 5.11. The van der Waals surface area contributed by atoms with E-state index in [4.69, 9.17) is 0 Å². The van der Waals surface area contributed by atoms with E-state index < -0.39 is 12.1 Å². The summed E-state index contributed by atoms with van der Waals surface area (Å²) in [7, 11) is 3.68. The van der Waals surface area contributed by atoms with E-state index in [9.17, 15) is 14.4 Å². The van der Waals surface area contributed by atoms with E-state index in [1.54, 1.807) is 16.8 Å². The number of amides is 3. The molecule has 1 heterocycles. The van der Waals surface area contributed by atoms with Crippen molar-refractivity contribution in [3.63, 3.8) is 0 Å². The zero-order valence-corrected chi connectivity index (χ0v) is 23.5. The zero-order valence-electron chi connectivity index (χ0n) is 22.7. The predicted molar refractivity (Wildman–Crippen MR) is 152 cm³/mol. The zero-order chi connectivity index (χ0) is 26.1. The maximum absolute atomic E-state index is 13.5. The van der Waals surface area contributed by atoms with Gasteiger partial charge in [-0.1, -0.05) is 56.3 Å². The number of likely N-dealkylation sites (tertiary alicyclic amines) is 1. The lowest BCUT2D eigenvalue weighted by molar-refractivity contribution is -0.143. The molecule has 2 aromatic carbocycles. The summed E-state index contributed by atoms with van der Waals surface area (Å²) in [6, 6.07) is 13.1. The van der Waals surface area contributed by atoms with Crippen molar-refractivity contribution in [1.29, 1.82) is 0 Å². The second-order valence-electron chi connectivity index (χ2n) is 9.87. The Morgan fingerprint density at radius 2 is 1.78 bits per heavy atom. The molecule has 3 rings (SSSR count). The molecule has 37 heavy (non-hydrogen) atoms. The lowest BCUT2D eigenvalue weighted by Crippen LogP contribution is -2.54. The molecule has 0 radical (unpaired) electrons. The van der Waals surface area contributed by atoms with Gasteiger partial charge in [-0.3, -0.25) is 14.4 Å². The minimum atomic E-state index is -0.691. The van der Waals surface area contributed by atoms with Crippen molar-refractivity contribution in [2.24, 2.45) is 5.92 Å². The molecule has 1 fully saturated rings. The molecule has 1 saturated heterocycles. The molecule has 2 atom stereocenters. The van der Waals surface area contributed by atoms with Gasteiger partial charge in [0, 0.05) is 32.5 Å². The van der Waals surface area contributed by atoms with E-state index in [0.717, 1.165) is 48.6 Å². The lowest BCUT2D eigenvalue weighted by Gasteiger charge is -2.30. The van der Waals surface area contributed by atoms with Crippen LogP contribution in [0.3, 0.4) is 0 Å². The average molecular weight is 531 g/mol. The average Bonchev–Trinajstić information content (AvgIpc) is 3.39. The number of hydrogen-bond acceptors (Lipinski definition) is 4. The summed E-state index contributed by atoms with van der Waals surface area (Å²) in [5.41, 5.74) is 0.993. The van der Waals surface area contributed by atoms with E-state index in [1.807, 2.05) is 39.1 Å². The van der Waals surface area contributed by atoms with Crippen LogP contribution >= 0.6 is 12.4 Å². The van der Waals surface area contributed by atoms with Crippen molar-refractivity contribution in [2.75, 3.05) is 33.7 Å². The SMILES string of the molecule is CCC(CC)C(=O)N1CCCC1C(=O)N[C@H](Cc1ccc2ccccc2c1)C(=O)N(C)CCCNC.Cl. The first kappa shape index (κ1) is 30.6. The van der Waals surface area contributed by atoms with Crippen LogP contribution in [0.15, 0.2) is 42.5 Å². The van der Waals surface area contributed by atoms with Gasteiger partial charge in [-0.15, -0.1) is 12.4 Å². The van der Waals surface area contributed by atoms with Crippen molar-refractivity contribution in [3.8, 4) is 0 Å². The second-order valence-corrected chi connectivity index (χ2v) is 9.87. The molecule has 3 amide bonds. The molecule has 1 aliphatic rings. The minimum Gasteiger partial charge on any atom is -0.344 e. The van der Waals surface area contributed by atoms with Crippen LogP contribution in [0.5, 0.6) is 0 Å². The highest BCUT2D eigenvalue weighted by Gasteiger charge is 2.37. The van der Waals surface area contributed by atoms with Crippen LogP contribution in [0, 0.1) is 5.92 Å². The van der Waals surface area contributed by atoms with E-state index in [1.165, 1.54) is 0 Å². The first-order valence-electron chi connectivity index (χ1n) is 13.4. The van der Waals surface area contributed by atoms with Gasteiger partial charge in [-0.2, -0.15) is 0 Å². The molecule has 0 bridgehead atoms. The van der Waals surface area contributed by atoms with Gasteiger partial charge in [0.05, 0.1) is 0 Å². The van der Waals surface area contributed by atoms with E-state index in [-0.39, 0.29) is 36.0 Å². The van der Waals surface area contributed by atoms with Gasteiger partial charge >= 0.3 is 0 Å². The number of nitrogens with one attached hydrogen (secondary N) is 2.